The van der Waals surface area contributed by atoms with E-state index in [1.807, 2.05) is 0 Å². The van der Waals surface area contributed by atoms with Crippen LogP contribution < -0.4 is 4.72 Å². The summed E-state index contributed by atoms with van der Waals surface area (Å²) in [5, 5.41) is 0. The molecule has 0 aliphatic rings. The van der Waals surface area contributed by atoms with Crippen molar-refractivity contribution < 1.29 is 22.9 Å². The van der Waals surface area contributed by atoms with Gasteiger partial charge in [0, 0.05) is 16.9 Å². The van der Waals surface area contributed by atoms with E-state index in [1.54, 1.807) is 34.6 Å². The zero-order chi connectivity index (χ0) is 17.8. The topological polar surface area (TPSA) is 61.4 Å². The van der Waals surface area contributed by atoms with E-state index in [0.29, 0.717) is 5.56 Å². The fraction of sp³-hybridized carbons (Fsp3) is 0.562. The fourth-order valence-corrected chi connectivity index (χ4v) is 2.66. The number of halogens is 2. The number of nitrogens with one attached hydrogen (secondary N) is 1. The van der Waals surface area contributed by atoms with Crippen molar-refractivity contribution >= 4 is 17.3 Å². The van der Waals surface area contributed by atoms with Gasteiger partial charge in [0.2, 0.25) is 6.17 Å². The van der Waals surface area contributed by atoms with Crippen LogP contribution in [0.4, 0.5) is 8.78 Å². The average molecular weight is 347 g/mol. The summed E-state index contributed by atoms with van der Waals surface area (Å²) in [5.74, 6) is -1.79. The summed E-state index contributed by atoms with van der Waals surface area (Å²) in [7, 11) is 0. The summed E-state index contributed by atoms with van der Waals surface area (Å²) in [6.45, 7) is 8.35. The second-order valence-corrected chi connectivity index (χ2v) is 8.15. The SMILES string of the molecule is CCOC(=O)[C@@H](F)[C@H](N[S+]([O-])C(C)(C)C)c1cc(C)ccc1F. The number of benzene rings is 1. The minimum Gasteiger partial charge on any atom is -0.598 e. The zero-order valence-corrected chi connectivity index (χ0v) is 14.8. The van der Waals surface area contributed by atoms with Crippen LogP contribution in [0.2, 0.25) is 0 Å². The first-order valence-corrected chi connectivity index (χ1v) is 8.47. The molecule has 0 aliphatic heterocycles. The zero-order valence-electron chi connectivity index (χ0n) is 14.0. The van der Waals surface area contributed by atoms with Crippen molar-refractivity contribution in [2.75, 3.05) is 6.61 Å². The van der Waals surface area contributed by atoms with Crippen molar-refractivity contribution in [1.82, 2.24) is 4.72 Å². The Hall–Kier alpha value is -1.18. The summed E-state index contributed by atoms with van der Waals surface area (Å²) in [4.78, 5) is 11.7. The van der Waals surface area contributed by atoms with Crippen molar-refractivity contribution in [3.63, 3.8) is 0 Å². The van der Waals surface area contributed by atoms with Crippen LogP contribution in [0.5, 0.6) is 0 Å². The number of ether oxygens (including phenoxy) is 1. The van der Waals surface area contributed by atoms with Crippen molar-refractivity contribution in [3.05, 3.63) is 35.1 Å². The lowest BCUT2D eigenvalue weighted by Crippen LogP contribution is -2.46. The quantitative estimate of drug-likeness (QED) is 0.634. The van der Waals surface area contributed by atoms with E-state index in [1.165, 1.54) is 18.2 Å². The molecule has 0 amide bonds. The Morgan fingerprint density at radius 1 is 1.43 bits per heavy atom. The normalized spacial score (nSPS) is 15.8. The van der Waals surface area contributed by atoms with Gasteiger partial charge in [-0.25, -0.2) is 13.6 Å². The Morgan fingerprint density at radius 3 is 2.57 bits per heavy atom. The number of carbonyl (C=O) groups is 1. The minimum atomic E-state index is -2.17. The predicted octanol–water partition coefficient (Wildman–Crippen LogP) is 3.13. The maximum Gasteiger partial charge on any atom is 0.342 e. The molecule has 7 heteroatoms. The van der Waals surface area contributed by atoms with Crippen LogP contribution in [0, 0.1) is 12.7 Å². The van der Waals surface area contributed by atoms with Gasteiger partial charge in [-0.1, -0.05) is 17.7 Å². The summed E-state index contributed by atoms with van der Waals surface area (Å²) >= 11 is -1.69. The van der Waals surface area contributed by atoms with Gasteiger partial charge in [-0.2, -0.15) is 0 Å². The first-order valence-electron chi connectivity index (χ1n) is 7.32. The molecule has 0 aliphatic carbocycles. The van der Waals surface area contributed by atoms with Crippen LogP contribution in [0.3, 0.4) is 0 Å². The third-order valence-corrected chi connectivity index (χ3v) is 4.66. The van der Waals surface area contributed by atoms with E-state index < -0.39 is 40.1 Å². The van der Waals surface area contributed by atoms with Crippen LogP contribution >= 0.6 is 0 Å². The molecule has 23 heavy (non-hydrogen) atoms. The molecule has 1 rings (SSSR count). The molecule has 1 aromatic carbocycles. The molecule has 0 fully saturated rings. The van der Waals surface area contributed by atoms with E-state index in [9.17, 15) is 18.1 Å². The maximum atomic E-state index is 14.6. The van der Waals surface area contributed by atoms with Crippen molar-refractivity contribution in [2.45, 2.75) is 51.6 Å². The van der Waals surface area contributed by atoms with Crippen molar-refractivity contribution in [1.29, 1.82) is 0 Å². The summed E-state index contributed by atoms with van der Waals surface area (Å²) in [6, 6.07) is 2.76. The lowest BCUT2D eigenvalue weighted by atomic mass is 10.0. The molecule has 1 unspecified atom stereocenters. The largest absolute Gasteiger partial charge is 0.598 e. The van der Waals surface area contributed by atoms with E-state index in [2.05, 4.69) is 9.46 Å². The van der Waals surface area contributed by atoms with Crippen LogP contribution in [0.15, 0.2) is 18.2 Å². The Labute approximate surface area is 138 Å². The standard InChI is InChI=1S/C16H23F2NO3S/c1-6-22-15(20)13(18)14(19-23(21)16(3,4)5)11-9-10(2)7-8-12(11)17/h7-9,13-14,19H,6H2,1-5H3/t13-,14+,23?/m0/s1. The maximum absolute atomic E-state index is 14.6. The minimum absolute atomic E-state index is 0.00460. The lowest BCUT2D eigenvalue weighted by Gasteiger charge is -2.29. The van der Waals surface area contributed by atoms with E-state index >= 15 is 0 Å². The first-order chi connectivity index (χ1) is 10.6. The molecule has 0 aromatic heterocycles. The second kappa shape index (κ2) is 8.08. The number of hydrogen-bond donors (Lipinski definition) is 1. The molecule has 3 atom stereocenters. The monoisotopic (exact) mass is 347 g/mol. The molecule has 0 radical (unpaired) electrons. The van der Waals surface area contributed by atoms with Gasteiger partial charge in [0.1, 0.15) is 16.6 Å². The van der Waals surface area contributed by atoms with Gasteiger partial charge in [0.05, 0.1) is 6.61 Å². The molecular formula is C16H23F2NO3S. The van der Waals surface area contributed by atoms with Gasteiger partial charge in [0.25, 0.3) is 0 Å². The fourth-order valence-electron chi connectivity index (χ4n) is 1.83. The van der Waals surface area contributed by atoms with Crippen LogP contribution in [0.25, 0.3) is 0 Å². The van der Waals surface area contributed by atoms with Gasteiger partial charge in [0.15, 0.2) is 0 Å². The molecule has 0 heterocycles. The first kappa shape index (κ1) is 19.9. The van der Waals surface area contributed by atoms with E-state index in [-0.39, 0.29) is 12.2 Å². The highest BCUT2D eigenvalue weighted by Crippen LogP contribution is 2.27. The molecule has 4 nitrogen and oxygen atoms in total. The Kier molecular flexibility index (Phi) is 6.98. The molecule has 1 aromatic rings. The van der Waals surface area contributed by atoms with E-state index in [4.69, 9.17) is 0 Å². The number of alkyl halides is 1. The van der Waals surface area contributed by atoms with Gasteiger partial charge in [-0.15, -0.1) is 4.72 Å². The second-order valence-electron chi connectivity index (χ2n) is 6.16. The van der Waals surface area contributed by atoms with Gasteiger partial charge < -0.3 is 9.29 Å². The highest BCUT2D eigenvalue weighted by molar-refractivity contribution is 7.90. The van der Waals surface area contributed by atoms with Gasteiger partial charge in [-0.05, 0) is 40.7 Å². The number of rotatable bonds is 6. The number of hydrogen-bond acceptors (Lipinski definition) is 4. The average Bonchev–Trinajstić information content (AvgIpc) is 2.45. The predicted molar refractivity (Wildman–Crippen MR) is 86.4 cm³/mol. The number of esters is 1. The molecular weight excluding hydrogens is 324 g/mol. The third-order valence-electron chi connectivity index (χ3n) is 3.08. The Bertz CT molecular complexity index is 549. The van der Waals surface area contributed by atoms with Gasteiger partial charge in [-0.3, -0.25) is 0 Å². The molecule has 0 saturated heterocycles. The highest BCUT2D eigenvalue weighted by Gasteiger charge is 2.39. The van der Waals surface area contributed by atoms with Gasteiger partial charge >= 0.3 is 5.97 Å². The number of aryl methyl sites for hydroxylation is 1. The van der Waals surface area contributed by atoms with Crippen LogP contribution in [-0.4, -0.2) is 28.0 Å². The molecule has 0 spiro atoms. The number of carbonyl (C=O) groups excluding carboxylic acids is 1. The van der Waals surface area contributed by atoms with Crippen LogP contribution in [-0.2, 0) is 20.9 Å². The summed E-state index contributed by atoms with van der Waals surface area (Å²) in [6.07, 6.45) is -2.17. The summed E-state index contributed by atoms with van der Waals surface area (Å²) < 4.78 is 47.5. The molecule has 130 valence electrons. The lowest BCUT2D eigenvalue weighted by molar-refractivity contribution is -0.150. The highest BCUT2D eigenvalue weighted by atomic mass is 32.2. The molecule has 1 N–H and O–H groups in total. The Morgan fingerprint density at radius 2 is 2.04 bits per heavy atom. The van der Waals surface area contributed by atoms with Crippen LogP contribution in [0.1, 0.15) is 44.9 Å². The van der Waals surface area contributed by atoms with Crippen molar-refractivity contribution in [2.24, 2.45) is 0 Å². The Balaban J connectivity index is 3.20. The van der Waals surface area contributed by atoms with E-state index in [0.717, 1.165) is 0 Å². The molecule has 0 saturated carbocycles. The molecule has 0 bridgehead atoms. The van der Waals surface area contributed by atoms with Crippen molar-refractivity contribution in [3.8, 4) is 0 Å². The summed E-state index contributed by atoms with van der Waals surface area (Å²) in [5.41, 5.74) is 0.647. The smallest absolute Gasteiger partial charge is 0.342 e. The third kappa shape index (κ3) is 5.44.